The molecule has 0 saturated heterocycles. The van der Waals surface area contributed by atoms with Gasteiger partial charge in [0.1, 0.15) is 0 Å². The number of carbonyl (C=O) groups excluding carboxylic acids is 1. The highest BCUT2D eigenvalue weighted by molar-refractivity contribution is 7.12. The van der Waals surface area contributed by atoms with Gasteiger partial charge in [-0.05, 0) is 35.8 Å². The van der Waals surface area contributed by atoms with Crippen LogP contribution in [0.5, 0.6) is 0 Å². The second kappa shape index (κ2) is 6.77. The molecular formula is C13H21NO2S. The van der Waals surface area contributed by atoms with Crippen LogP contribution in [0.2, 0.25) is 0 Å². The monoisotopic (exact) mass is 255 g/mol. The number of hydrogen-bond acceptors (Lipinski definition) is 3. The van der Waals surface area contributed by atoms with Crippen LogP contribution < -0.4 is 5.32 Å². The van der Waals surface area contributed by atoms with Crippen LogP contribution in [0.15, 0.2) is 11.4 Å². The van der Waals surface area contributed by atoms with E-state index in [0.29, 0.717) is 12.3 Å². The zero-order chi connectivity index (χ0) is 12.8. The van der Waals surface area contributed by atoms with E-state index in [1.54, 1.807) is 0 Å². The molecule has 96 valence electrons. The Hall–Kier alpha value is -0.870. The lowest BCUT2D eigenvalue weighted by atomic mass is 10.0. The quantitative estimate of drug-likeness (QED) is 0.820. The first-order valence-corrected chi connectivity index (χ1v) is 6.96. The normalized spacial score (nSPS) is 12.8. The smallest absolute Gasteiger partial charge is 0.261 e. The van der Waals surface area contributed by atoms with E-state index in [1.165, 1.54) is 11.3 Å². The van der Waals surface area contributed by atoms with E-state index < -0.39 is 0 Å². The number of aryl methyl sites for hydroxylation is 1. The third-order valence-electron chi connectivity index (χ3n) is 2.90. The number of hydrogen-bond donors (Lipinski definition) is 2. The molecule has 0 fully saturated rings. The van der Waals surface area contributed by atoms with E-state index in [2.05, 4.69) is 19.2 Å². The average molecular weight is 255 g/mol. The van der Waals surface area contributed by atoms with Gasteiger partial charge < -0.3 is 10.4 Å². The Morgan fingerprint density at radius 2 is 2.24 bits per heavy atom. The van der Waals surface area contributed by atoms with Gasteiger partial charge in [-0.25, -0.2) is 0 Å². The van der Waals surface area contributed by atoms with Gasteiger partial charge in [0.2, 0.25) is 0 Å². The van der Waals surface area contributed by atoms with Crippen molar-refractivity contribution < 1.29 is 9.90 Å². The summed E-state index contributed by atoms with van der Waals surface area (Å²) < 4.78 is 0. The Balaban J connectivity index is 2.70. The topological polar surface area (TPSA) is 49.3 Å². The highest BCUT2D eigenvalue weighted by Crippen LogP contribution is 2.18. The largest absolute Gasteiger partial charge is 0.396 e. The van der Waals surface area contributed by atoms with Gasteiger partial charge in [0, 0.05) is 12.6 Å². The minimum absolute atomic E-state index is 0.0102. The highest BCUT2D eigenvalue weighted by atomic mass is 32.1. The summed E-state index contributed by atoms with van der Waals surface area (Å²) in [6, 6.07) is 2.04. The summed E-state index contributed by atoms with van der Waals surface area (Å²) in [7, 11) is 0. The van der Waals surface area contributed by atoms with Gasteiger partial charge in [-0.15, -0.1) is 11.3 Å². The molecule has 17 heavy (non-hydrogen) atoms. The zero-order valence-corrected chi connectivity index (χ0v) is 11.5. The molecular weight excluding hydrogens is 234 g/mol. The van der Waals surface area contributed by atoms with Crippen LogP contribution in [0.3, 0.4) is 0 Å². The van der Waals surface area contributed by atoms with Gasteiger partial charge in [0.15, 0.2) is 0 Å². The van der Waals surface area contributed by atoms with Crippen molar-refractivity contribution in [3.8, 4) is 0 Å². The number of rotatable bonds is 6. The lowest BCUT2D eigenvalue weighted by Gasteiger charge is -2.21. The predicted octanol–water partition coefficient (Wildman–Crippen LogP) is 2.45. The maximum atomic E-state index is 12.1. The van der Waals surface area contributed by atoms with E-state index in [0.717, 1.165) is 16.9 Å². The first-order chi connectivity index (χ1) is 8.10. The van der Waals surface area contributed by atoms with Crippen molar-refractivity contribution in [2.75, 3.05) is 6.61 Å². The van der Waals surface area contributed by atoms with E-state index >= 15 is 0 Å². The molecule has 3 nitrogen and oxygen atoms in total. The molecule has 0 bridgehead atoms. The molecule has 4 heteroatoms. The fourth-order valence-corrected chi connectivity index (χ4v) is 2.66. The van der Waals surface area contributed by atoms with Crippen molar-refractivity contribution in [2.24, 2.45) is 5.92 Å². The minimum Gasteiger partial charge on any atom is -0.396 e. The predicted molar refractivity (Wildman–Crippen MR) is 71.5 cm³/mol. The van der Waals surface area contributed by atoms with Gasteiger partial charge in [-0.1, -0.05) is 20.8 Å². The van der Waals surface area contributed by atoms with Gasteiger partial charge in [0.05, 0.1) is 4.88 Å². The number of aliphatic hydroxyl groups excluding tert-OH is 1. The first-order valence-electron chi connectivity index (χ1n) is 6.08. The van der Waals surface area contributed by atoms with E-state index in [-0.39, 0.29) is 18.6 Å². The van der Waals surface area contributed by atoms with Crippen LogP contribution in [-0.4, -0.2) is 23.7 Å². The molecule has 2 N–H and O–H groups in total. The molecule has 1 amide bonds. The number of thiophene rings is 1. The summed E-state index contributed by atoms with van der Waals surface area (Å²) in [6.45, 7) is 6.26. The lowest BCUT2D eigenvalue weighted by Crippen LogP contribution is -2.39. The number of aliphatic hydroxyl groups is 1. The van der Waals surface area contributed by atoms with Gasteiger partial charge in [0.25, 0.3) is 5.91 Å². The number of amides is 1. The molecule has 1 unspecified atom stereocenters. The second-order valence-corrected chi connectivity index (χ2v) is 5.38. The maximum absolute atomic E-state index is 12.1. The van der Waals surface area contributed by atoms with Crippen LogP contribution >= 0.6 is 11.3 Å². The summed E-state index contributed by atoms with van der Waals surface area (Å²) in [6.07, 6.45) is 1.48. The Morgan fingerprint density at radius 3 is 2.76 bits per heavy atom. The molecule has 0 aliphatic rings. The Morgan fingerprint density at radius 1 is 1.53 bits per heavy atom. The molecule has 0 radical (unpaired) electrons. The van der Waals surface area contributed by atoms with Gasteiger partial charge >= 0.3 is 0 Å². The third kappa shape index (κ3) is 3.82. The van der Waals surface area contributed by atoms with Gasteiger partial charge in [-0.2, -0.15) is 0 Å². The van der Waals surface area contributed by atoms with Crippen molar-refractivity contribution in [1.82, 2.24) is 5.32 Å². The first kappa shape index (κ1) is 14.2. The van der Waals surface area contributed by atoms with Crippen LogP contribution in [0.25, 0.3) is 0 Å². The molecule has 1 aromatic rings. The summed E-state index contributed by atoms with van der Waals surface area (Å²) >= 11 is 1.48. The minimum atomic E-state index is -0.0102. The summed E-state index contributed by atoms with van der Waals surface area (Å²) in [5, 5.41) is 13.9. The molecule has 0 spiro atoms. The SMILES string of the molecule is CCc1ccsc1C(=O)NC(CCO)C(C)C. The van der Waals surface area contributed by atoms with Crippen molar-refractivity contribution in [3.63, 3.8) is 0 Å². The van der Waals surface area contributed by atoms with Crippen molar-refractivity contribution in [3.05, 3.63) is 21.9 Å². The number of nitrogens with one attached hydrogen (secondary N) is 1. The van der Waals surface area contributed by atoms with E-state index in [9.17, 15) is 4.79 Å². The van der Waals surface area contributed by atoms with Crippen LogP contribution in [-0.2, 0) is 6.42 Å². The van der Waals surface area contributed by atoms with Crippen LogP contribution in [0.4, 0.5) is 0 Å². The van der Waals surface area contributed by atoms with Gasteiger partial charge in [-0.3, -0.25) is 4.79 Å². The lowest BCUT2D eigenvalue weighted by molar-refractivity contribution is 0.0920. The third-order valence-corrected chi connectivity index (χ3v) is 3.85. The standard InChI is InChI=1S/C13H21NO2S/c1-4-10-6-8-17-12(10)13(16)14-11(5-7-15)9(2)3/h6,8-9,11,15H,4-5,7H2,1-3H3,(H,14,16). The molecule has 0 aliphatic carbocycles. The second-order valence-electron chi connectivity index (χ2n) is 4.46. The van der Waals surface area contributed by atoms with Crippen molar-refractivity contribution in [1.29, 1.82) is 0 Å². The average Bonchev–Trinajstić information content (AvgIpc) is 2.76. The summed E-state index contributed by atoms with van der Waals surface area (Å²) in [5.41, 5.74) is 1.10. The zero-order valence-electron chi connectivity index (χ0n) is 10.7. The molecule has 1 heterocycles. The number of carbonyl (C=O) groups is 1. The Bertz CT molecular complexity index is 360. The Kier molecular flexibility index (Phi) is 5.65. The van der Waals surface area contributed by atoms with E-state index in [4.69, 9.17) is 5.11 Å². The fraction of sp³-hybridized carbons (Fsp3) is 0.615. The maximum Gasteiger partial charge on any atom is 0.261 e. The summed E-state index contributed by atoms with van der Waals surface area (Å²) in [5.74, 6) is 0.320. The molecule has 0 aliphatic heterocycles. The summed E-state index contributed by atoms with van der Waals surface area (Å²) in [4.78, 5) is 12.9. The molecule has 1 aromatic heterocycles. The fourth-order valence-electron chi connectivity index (χ4n) is 1.76. The van der Waals surface area contributed by atoms with E-state index in [1.807, 2.05) is 18.4 Å². The van der Waals surface area contributed by atoms with Crippen LogP contribution in [0.1, 0.15) is 42.4 Å². The molecule has 0 saturated carbocycles. The molecule has 1 atom stereocenters. The van der Waals surface area contributed by atoms with Crippen molar-refractivity contribution in [2.45, 2.75) is 39.7 Å². The Labute approximate surface area is 107 Å². The molecule has 0 aromatic carbocycles. The van der Waals surface area contributed by atoms with Crippen molar-refractivity contribution >= 4 is 17.2 Å². The molecule has 1 rings (SSSR count). The van der Waals surface area contributed by atoms with Crippen LogP contribution in [0, 0.1) is 5.92 Å². The highest BCUT2D eigenvalue weighted by Gasteiger charge is 2.18.